The molecule has 4 aromatic rings. The van der Waals surface area contributed by atoms with Gasteiger partial charge in [-0.1, -0.05) is 36.4 Å². The van der Waals surface area contributed by atoms with Crippen molar-refractivity contribution in [3.05, 3.63) is 130 Å². The second kappa shape index (κ2) is 11.9. The van der Waals surface area contributed by atoms with Crippen molar-refractivity contribution >= 4 is 17.3 Å². The number of nitrogens with two attached hydrogens (primary N) is 2. The number of carbonyl (C=O) groups is 2. The quantitative estimate of drug-likeness (QED) is 0.249. The van der Waals surface area contributed by atoms with Gasteiger partial charge in [0, 0.05) is 43.1 Å². The lowest BCUT2D eigenvalue weighted by atomic mass is 9.85. The summed E-state index contributed by atoms with van der Waals surface area (Å²) in [7, 11) is 0. The molecule has 8 heteroatoms. The number of ketones is 1. The molecule has 1 aliphatic carbocycles. The summed E-state index contributed by atoms with van der Waals surface area (Å²) in [4.78, 5) is 29.9. The molecule has 1 aromatic heterocycles. The van der Waals surface area contributed by atoms with Crippen LogP contribution in [0.3, 0.4) is 0 Å². The minimum Gasteiger partial charge on any atom is -0.366 e. The minimum atomic E-state index is -0.916. The van der Waals surface area contributed by atoms with Gasteiger partial charge in [0.25, 0.3) is 5.91 Å². The number of nitrogens with zero attached hydrogens (tertiary/aromatic N) is 1. The van der Waals surface area contributed by atoms with Crippen LogP contribution in [0, 0.1) is 17.5 Å². The van der Waals surface area contributed by atoms with Gasteiger partial charge in [-0.05, 0) is 76.6 Å². The summed E-state index contributed by atoms with van der Waals surface area (Å²) in [5.74, 6) is -3.75. The first kappa shape index (κ1) is 28.0. The van der Waals surface area contributed by atoms with E-state index >= 15 is 0 Å². The molecule has 0 unspecified atom stereocenters. The molecule has 0 radical (unpaired) electrons. The first-order valence-corrected chi connectivity index (χ1v) is 13.2. The topological polar surface area (TPSA) is 99.1 Å². The number of rotatable bonds is 10. The predicted octanol–water partition coefficient (Wildman–Crippen LogP) is 6.04. The van der Waals surface area contributed by atoms with Gasteiger partial charge in [-0.25, -0.2) is 13.2 Å². The summed E-state index contributed by atoms with van der Waals surface area (Å²) in [6, 6.07) is 16.7. The molecule has 0 spiro atoms. The number of hydrogen-bond donors (Lipinski definition) is 2. The molecule has 1 aliphatic rings. The lowest BCUT2D eigenvalue weighted by Gasteiger charge is -2.20. The van der Waals surface area contributed by atoms with Crippen molar-refractivity contribution in [1.29, 1.82) is 0 Å². The summed E-state index contributed by atoms with van der Waals surface area (Å²) in [5, 5.41) is 0. The second-order valence-electron chi connectivity index (χ2n) is 10.2. The van der Waals surface area contributed by atoms with Crippen molar-refractivity contribution in [2.75, 3.05) is 0 Å². The van der Waals surface area contributed by atoms with Gasteiger partial charge in [-0.3, -0.25) is 14.6 Å². The first-order chi connectivity index (χ1) is 19.7. The van der Waals surface area contributed by atoms with E-state index in [1.165, 1.54) is 24.3 Å². The van der Waals surface area contributed by atoms with Crippen LogP contribution in [-0.4, -0.2) is 16.7 Å². The van der Waals surface area contributed by atoms with Crippen LogP contribution in [-0.2, 0) is 24.2 Å². The highest BCUT2D eigenvalue weighted by atomic mass is 19.1. The number of benzene rings is 3. The van der Waals surface area contributed by atoms with Crippen LogP contribution in [0.5, 0.6) is 0 Å². The number of Topliss-reactive ketones (excluding diaryl/α,β-unsaturated/α-hetero) is 1. The zero-order valence-corrected chi connectivity index (χ0v) is 22.2. The van der Waals surface area contributed by atoms with Crippen LogP contribution in [0.15, 0.2) is 79.0 Å². The first-order valence-electron chi connectivity index (χ1n) is 13.2. The molecule has 4 N–H and O–H groups in total. The van der Waals surface area contributed by atoms with Gasteiger partial charge >= 0.3 is 0 Å². The number of fused-ring (bicyclic) bond motifs is 1. The van der Waals surface area contributed by atoms with Gasteiger partial charge in [0.05, 0.1) is 11.3 Å². The molecule has 1 amide bonds. The molecule has 0 saturated heterocycles. The molecular formula is C33H28F3N3O2. The molecule has 1 atom stereocenters. The maximum Gasteiger partial charge on any atom is 0.251 e. The van der Waals surface area contributed by atoms with Crippen LogP contribution in [0.25, 0.3) is 16.7 Å². The average Bonchev–Trinajstić information content (AvgIpc) is 3.33. The van der Waals surface area contributed by atoms with E-state index in [1.807, 2.05) is 24.3 Å². The van der Waals surface area contributed by atoms with Gasteiger partial charge in [0.1, 0.15) is 23.2 Å². The van der Waals surface area contributed by atoms with Gasteiger partial charge in [-0.2, -0.15) is 0 Å². The molecule has 0 fully saturated rings. The highest BCUT2D eigenvalue weighted by Crippen LogP contribution is 2.36. The molecule has 3 aromatic carbocycles. The SMILES string of the molecule is NCc1ccc2c(c1)CC=C2CC(=O)C[C@@H](Cc1cc(F)cc(F)c1)c1ncccc1-c1ccc(F)c(C(N)=O)c1. The number of amides is 1. The van der Waals surface area contributed by atoms with Crippen LogP contribution < -0.4 is 11.5 Å². The highest BCUT2D eigenvalue weighted by molar-refractivity contribution is 5.95. The fourth-order valence-electron chi connectivity index (χ4n) is 5.47. The predicted molar refractivity (Wildman–Crippen MR) is 151 cm³/mol. The van der Waals surface area contributed by atoms with Crippen molar-refractivity contribution in [2.45, 2.75) is 38.1 Å². The van der Waals surface area contributed by atoms with Gasteiger partial charge < -0.3 is 11.5 Å². The highest BCUT2D eigenvalue weighted by Gasteiger charge is 2.25. The number of aromatic nitrogens is 1. The van der Waals surface area contributed by atoms with E-state index in [4.69, 9.17) is 11.5 Å². The molecule has 0 saturated carbocycles. The van der Waals surface area contributed by atoms with E-state index in [0.717, 1.165) is 40.8 Å². The molecule has 41 heavy (non-hydrogen) atoms. The Morgan fingerprint density at radius 3 is 2.41 bits per heavy atom. The third-order valence-corrected chi connectivity index (χ3v) is 7.35. The molecule has 0 aliphatic heterocycles. The lowest BCUT2D eigenvalue weighted by molar-refractivity contribution is -0.118. The van der Waals surface area contributed by atoms with Crippen LogP contribution in [0.4, 0.5) is 13.2 Å². The zero-order valence-electron chi connectivity index (χ0n) is 22.2. The average molecular weight is 556 g/mol. The van der Waals surface area contributed by atoms with E-state index in [-0.39, 0.29) is 30.6 Å². The normalized spacial score (nSPS) is 13.0. The van der Waals surface area contributed by atoms with Crippen molar-refractivity contribution in [3.8, 4) is 11.1 Å². The van der Waals surface area contributed by atoms with Crippen molar-refractivity contribution < 1.29 is 22.8 Å². The minimum absolute atomic E-state index is 0.0412. The standard InChI is InChI=1S/C33H28F3N3O2/c34-25-12-20(13-26(35)17-25)11-24(15-27(40)14-22-5-4-21-10-19(18-37)3-7-28(21)22)32-29(2-1-9-39-32)23-6-8-31(36)30(16-23)33(38)41/h1-3,5-10,12-13,16-17,24H,4,11,14-15,18,37H2,(H2,38,41)/t24-/m1/s1. The van der Waals surface area contributed by atoms with E-state index in [1.54, 1.807) is 18.3 Å². The van der Waals surface area contributed by atoms with Crippen molar-refractivity contribution in [1.82, 2.24) is 4.98 Å². The Morgan fingerprint density at radius 1 is 0.902 bits per heavy atom. The maximum absolute atomic E-state index is 14.2. The van der Waals surface area contributed by atoms with E-state index in [9.17, 15) is 22.8 Å². The van der Waals surface area contributed by atoms with Crippen LogP contribution in [0.2, 0.25) is 0 Å². The largest absolute Gasteiger partial charge is 0.366 e. The Kier molecular flexibility index (Phi) is 8.12. The Balaban J connectivity index is 1.49. The Bertz CT molecular complexity index is 1660. The summed E-state index contributed by atoms with van der Waals surface area (Å²) in [6.45, 7) is 0.436. The molecule has 5 nitrogen and oxygen atoms in total. The Labute approximate surface area is 235 Å². The third kappa shape index (κ3) is 6.28. The van der Waals surface area contributed by atoms with Gasteiger partial charge in [0.15, 0.2) is 0 Å². The fraction of sp³-hybridized carbons (Fsp3) is 0.182. The molecule has 1 heterocycles. The van der Waals surface area contributed by atoms with Crippen molar-refractivity contribution in [3.63, 3.8) is 0 Å². The summed E-state index contributed by atoms with van der Waals surface area (Å²) in [5.41, 5.74) is 16.8. The van der Waals surface area contributed by atoms with E-state index < -0.39 is 29.3 Å². The molecule has 0 bridgehead atoms. The second-order valence-corrected chi connectivity index (χ2v) is 10.2. The number of primary amides is 1. The number of allylic oxidation sites excluding steroid dienone is 2. The maximum atomic E-state index is 14.2. The Morgan fingerprint density at radius 2 is 1.68 bits per heavy atom. The zero-order chi connectivity index (χ0) is 29.1. The lowest BCUT2D eigenvalue weighted by Crippen LogP contribution is -2.14. The van der Waals surface area contributed by atoms with E-state index in [2.05, 4.69) is 4.98 Å². The fourth-order valence-corrected chi connectivity index (χ4v) is 5.47. The van der Waals surface area contributed by atoms with Crippen LogP contribution >= 0.6 is 0 Å². The smallest absolute Gasteiger partial charge is 0.251 e. The number of hydrogen-bond acceptors (Lipinski definition) is 4. The third-order valence-electron chi connectivity index (χ3n) is 7.35. The monoisotopic (exact) mass is 555 g/mol. The number of carbonyl (C=O) groups excluding carboxylic acids is 2. The molecular weight excluding hydrogens is 527 g/mol. The van der Waals surface area contributed by atoms with E-state index in [0.29, 0.717) is 28.9 Å². The van der Waals surface area contributed by atoms with Crippen molar-refractivity contribution in [2.24, 2.45) is 11.5 Å². The summed E-state index contributed by atoms with van der Waals surface area (Å²) in [6.07, 6.45) is 4.67. The summed E-state index contributed by atoms with van der Waals surface area (Å²) < 4.78 is 42.4. The van der Waals surface area contributed by atoms with Crippen LogP contribution in [0.1, 0.15) is 57.1 Å². The van der Waals surface area contributed by atoms with Gasteiger partial charge in [0.2, 0.25) is 0 Å². The summed E-state index contributed by atoms with van der Waals surface area (Å²) >= 11 is 0. The molecule has 208 valence electrons. The number of pyridine rings is 1. The molecule has 5 rings (SSSR count). The van der Waals surface area contributed by atoms with Gasteiger partial charge in [-0.15, -0.1) is 0 Å². The number of halogens is 3. The Hall–Kier alpha value is -4.56.